The summed E-state index contributed by atoms with van der Waals surface area (Å²) in [5, 5.41) is 13.0. The average molecular weight is 649 g/mol. The Morgan fingerprint density at radius 3 is 2.39 bits per heavy atom. The van der Waals surface area contributed by atoms with Crippen LogP contribution in [0.5, 0.6) is 5.75 Å². The van der Waals surface area contributed by atoms with E-state index in [0.29, 0.717) is 28.3 Å². The Labute approximate surface area is 274 Å². The summed E-state index contributed by atoms with van der Waals surface area (Å²) in [4.78, 5) is 61.4. The molecule has 0 unspecified atom stereocenters. The number of allylic oxidation sites excluding steroid dienone is 2. The Bertz CT molecular complexity index is 1940. The third kappa shape index (κ3) is 4.09. The minimum atomic E-state index is -1.37. The summed E-state index contributed by atoms with van der Waals surface area (Å²) in [6.07, 6.45) is 2.61. The number of phenols is 1. The van der Waals surface area contributed by atoms with Crippen molar-refractivity contribution in [2.45, 2.75) is 30.7 Å². The number of anilines is 1. The predicted molar refractivity (Wildman–Crippen MR) is 174 cm³/mol. The quantitative estimate of drug-likeness (QED) is 0.198. The first-order valence-corrected chi connectivity index (χ1v) is 16.6. The van der Waals surface area contributed by atoms with Gasteiger partial charge < -0.3 is 5.11 Å². The van der Waals surface area contributed by atoms with Gasteiger partial charge in [-0.15, -0.1) is 11.3 Å². The van der Waals surface area contributed by atoms with Crippen LogP contribution in [0.15, 0.2) is 108 Å². The van der Waals surface area contributed by atoms with Gasteiger partial charge in [0.1, 0.15) is 5.75 Å². The molecule has 3 fully saturated rings. The molecular formula is C37H29ClN2O5S. The highest BCUT2D eigenvalue weighted by molar-refractivity contribution is 7.09. The molecule has 9 heteroatoms. The summed E-state index contributed by atoms with van der Waals surface area (Å²) in [6.45, 7) is 0.220. The molecule has 3 aromatic carbocycles. The molecule has 1 N–H and O–H groups in total. The van der Waals surface area contributed by atoms with Gasteiger partial charge in [-0.3, -0.25) is 24.1 Å². The maximum atomic E-state index is 15.1. The van der Waals surface area contributed by atoms with Crippen LogP contribution in [0.25, 0.3) is 0 Å². The molecule has 0 radical (unpaired) electrons. The summed E-state index contributed by atoms with van der Waals surface area (Å²) in [5.74, 6) is -4.29. The van der Waals surface area contributed by atoms with Crippen LogP contribution in [0.4, 0.5) is 5.69 Å². The summed E-state index contributed by atoms with van der Waals surface area (Å²) < 4.78 is 0. The van der Waals surface area contributed by atoms with E-state index in [4.69, 9.17) is 11.6 Å². The van der Waals surface area contributed by atoms with Crippen molar-refractivity contribution in [2.75, 3.05) is 4.90 Å². The van der Waals surface area contributed by atoms with Gasteiger partial charge in [0.25, 0.3) is 0 Å². The highest BCUT2D eigenvalue weighted by atomic mass is 35.5. The largest absolute Gasteiger partial charge is 0.508 e. The summed E-state index contributed by atoms with van der Waals surface area (Å²) in [7, 11) is 0. The van der Waals surface area contributed by atoms with Gasteiger partial charge in [0, 0.05) is 15.8 Å². The molecule has 3 heterocycles. The van der Waals surface area contributed by atoms with Gasteiger partial charge in [0.05, 0.1) is 35.4 Å². The molecule has 2 aliphatic heterocycles. The topological polar surface area (TPSA) is 95.0 Å². The lowest BCUT2D eigenvalue weighted by Gasteiger charge is -2.50. The zero-order valence-electron chi connectivity index (χ0n) is 24.6. The number of likely N-dealkylation sites (tertiary alicyclic amines) is 1. The van der Waals surface area contributed by atoms with Gasteiger partial charge in [-0.25, -0.2) is 4.90 Å². The van der Waals surface area contributed by atoms with Crippen molar-refractivity contribution < 1.29 is 24.3 Å². The van der Waals surface area contributed by atoms with Crippen LogP contribution in [0, 0.1) is 23.7 Å². The molecule has 46 heavy (non-hydrogen) atoms. The number of aromatic hydroxyl groups is 1. The number of carbonyl (C=O) groups excluding carboxylic acids is 4. The zero-order valence-corrected chi connectivity index (χ0v) is 26.2. The molecule has 4 aromatic rings. The van der Waals surface area contributed by atoms with Crippen LogP contribution in [0.3, 0.4) is 0 Å². The van der Waals surface area contributed by atoms with Crippen molar-refractivity contribution in [2.24, 2.45) is 23.7 Å². The van der Waals surface area contributed by atoms with E-state index in [1.54, 1.807) is 42.5 Å². The number of imide groups is 2. The number of halogens is 1. The van der Waals surface area contributed by atoms with Gasteiger partial charge in [0.15, 0.2) is 0 Å². The van der Waals surface area contributed by atoms with Crippen LogP contribution in [-0.2, 0) is 31.1 Å². The van der Waals surface area contributed by atoms with E-state index in [1.165, 1.54) is 21.1 Å². The number of phenolic OH excluding ortho intramolecular Hbond substituents is 1. The number of fused-ring (bicyclic) bond motifs is 4. The first kappa shape index (κ1) is 28.9. The number of nitrogens with zero attached hydrogens (tertiary/aromatic N) is 2. The van der Waals surface area contributed by atoms with Gasteiger partial charge in [0.2, 0.25) is 23.6 Å². The Morgan fingerprint density at radius 2 is 1.65 bits per heavy atom. The van der Waals surface area contributed by atoms with Crippen molar-refractivity contribution in [3.05, 3.63) is 129 Å². The number of benzene rings is 3. The van der Waals surface area contributed by atoms with Gasteiger partial charge in [-0.1, -0.05) is 77.8 Å². The third-order valence-corrected chi connectivity index (χ3v) is 11.5. The molecule has 0 spiro atoms. The predicted octanol–water partition coefficient (Wildman–Crippen LogP) is 6.47. The molecule has 2 aliphatic carbocycles. The number of thiophene rings is 1. The van der Waals surface area contributed by atoms with Crippen molar-refractivity contribution in [1.82, 2.24) is 4.90 Å². The molecule has 1 saturated carbocycles. The molecule has 230 valence electrons. The molecule has 7 nitrogen and oxygen atoms in total. The van der Waals surface area contributed by atoms with E-state index in [0.717, 1.165) is 10.5 Å². The van der Waals surface area contributed by atoms with Crippen LogP contribution in [0.1, 0.15) is 34.8 Å². The number of carbonyl (C=O) groups is 4. The molecule has 8 rings (SSSR count). The van der Waals surface area contributed by atoms with Gasteiger partial charge >= 0.3 is 0 Å². The van der Waals surface area contributed by atoms with Crippen molar-refractivity contribution in [3.63, 3.8) is 0 Å². The normalized spacial score (nSPS) is 28.6. The number of hydrogen-bond acceptors (Lipinski definition) is 6. The summed E-state index contributed by atoms with van der Waals surface area (Å²) >= 11 is 7.86. The lowest BCUT2D eigenvalue weighted by atomic mass is 9.49. The highest BCUT2D eigenvalue weighted by Gasteiger charge is 2.70. The molecular weight excluding hydrogens is 620 g/mol. The fourth-order valence-electron chi connectivity index (χ4n) is 8.60. The first-order valence-electron chi connectivity index (χ1n) is 15.4. The summed E-state index contributed by atoms with van der Waals surface area (Å²) in [5.41, 5.74) is 1.23. The van der Waals surface area contributed by atoms with Crippen LogP contribution >= 0.6 is 22.9 Å². The maximum absolute atomic E-state index is 15.1. The fraction of sp³-hybridized carbons (Fsp3) is 0.243. The Kier molecular flexibility index (Phi) is 6.78. The minimum absolute atomic E-state index is 0.0337. The van der Waals surface area contributed by atoms with Crippen LogP contribution < -0.4 is 4.90 Å². The van der Waals surface area contributed by atoms with E-state index in [2.05, 4.69) is 0 Å². The van der Waals surface area contributed by atoms with E-state index < -0.39 is 35.0 Å². The number of rotatable bonds is 5. The third-order valence-electron chi connectivity index (χ3n) is 10.4. The molecule has 6 atom stereocenters. The second-order valence-corrected chi connectivity index (χ2v) is 14.0. The zero-order chi connectivity index (χ0) is 31.7. The Hall–Kier alpha value is -4.53. The monoisotopic (exact) mass is 648 g/mol. The summed E-state index contributed by atoms with van der Waals surface area (Å²) in [6, 6.07) is 26.7. The standard InChI is InChI=1S/C37H29ClN2O5S/c38-23-10-5-11-24(18-23)40-34(43)30-19-29-27(14-15-28-31(29)35(44)39(33(28)42)20-26-13-6-16-46-26)32(21-7-4-12-25(41)17-21)37(30,36(40)45)22-8-2-1-3-9-22/h1-14,16-18,28-32,41H,15,19-20H2/t28-,29+,30-,31-,32-,37+/m0/s1. The Morgan fingerprint density at radius 1 is 0.848 bits per heavy atom. The number of amides is 4. The SMILES string of the molecule is O=C1[C@H]2[C@H](CC=C3[C@H]2C[C@H]2C(=O)N(c4cccc(Cl)c4)C(=O)[C@@]2(c2ccccc2)[C@H]3c2cccc(O)c2)C(=O)N1Cc1cccs1. The minimum Gasteiger partial charge on any atom is -0.508 e. The van der Waals surface area contributed by atoms with E-state index in [-0.39, 0.29) is 42.3 Å². The molecule has 1 aromatic heterocycles. The molecule has 4 amide bonds. The van der Waals surface area contributed by atoms with E-state index >= 15 is 4.79 Å². The maximum Gasteiger partial charge on any atom is 0.246 e. The van der Waals surface area contributed by atoms with Crippen LogP contribution in [0.2, 0.25) is 5.02 Å². The second-order valence-electron chi connectivity index (χ2n) is 12.5. The lowest BCUT2D eigenvalue weighted by Crippen LogP contribution is -2.53. The van der Waals surface area contributed by atoms with Crippen LogP contribution in [-0.4, -0.2) is 33.6 Å². The highest BCUT2D eigenvalue weighted by Crippen LogP contribution is 2.64. The average Bonchev–Trinajstić information content (AvgIpc) is 3.72. The number of hydrogen-bond donors (Lipinski definition) is 1. The fourth-order valence-corrected chi connectivity index (χ4v) is 9.48. The Balaban J connectivity index is 1.33. The lowest BCUT2D eigenvalue weighted by molar-refractivity contribution is -0.141. The van der Waals surface area contributed by atoms with E-state index in [1.807, 2.05) is 60.0 Å². The second kappa shape index (κ2) is 10.8. The smallest absolute Gasteiger partial charge is 0.246 e. The van der Waals surface area contributed by atoms with Crippen molar-refractivity contribution >= 4 is 52.3 Å². The van der Waals surface area contributed by atoms with Crippen molar-refractivity contribution in [1.29, 1.82) is 0 Å². The van der Waals surface area contributed by atoms with Crippen molar-refractivity contribution in [3.8, 4) is 5.75 Å². The van der Waals surface area contributed by atoms with E-state index in [9.17, 15) is 19.5 Å². The molecule has 0 bridgehead atoms. The van der Waals surface area contributed by atoms with Gasteiger partial charge in [-0.2, -0.15) is 0 Å². The van der Waals surface area contributed by atoms with Gasteiger partial charge in [-0.05, 0) is 71.7 Å². The molecule has 2 saturated heterocycles. The first-order chi connectivity index (χ1) is 22.3. The molecule has 4 aliphatic rings.